The summed E-state index contributed by atoms with van der Waals surface area (Å²) < 4.78 is 53.7. The summed E-state index contributed by atoms with van der Waals surface area (Å²) in [5.41, 5.74) is -2.62. The van der Waals surface area contributed by atoms with Gasteiger partial charge in [0, 0.05) is 45.3 Å². The van der Waals surface area contributed by atoms with Crippen LogP contribution in [0.25, 0.3) is 11.0 Å². The average molecular weight is 499 g/mol. The van der Waals surface area contributed by atoms with Crippen LogP contribution in [0, 0.1) is 5.82 Å². The molecule has 0 saturated carbocycles. The van der Waals surface area contributed by atoms with Gasteiger partial charge in [-0.3, -0.25) is 14.5 Å². The number of pyridine rings is 1. The van der Waals surface area contributed by atoms with Crippen molar-refractivity contribution in [2.24, 2.45) is 0 Å². The Balaban J connectivity index is 1.47. The number of carbonyl (C=O) groups excluding carboxylic acids is 1. The molecule has 1 aliphatic heterocycles. The number of piperazine rings is 1. The summed E-state index contributed by atoms with van der Waals surface area (Å²) in [6.45, 7) is 2.41. The summed E-state index contributed by atoms with van der Waals surface area (Å²) in [6, 6.07) is 5.93. The number of hydrogen-bond acceptors (Lipinski definition) is 6. The van der Waals surface area contributed by atoms with E-state index < -0.39 is 23.2 Å². The van der Waals surface area contributed by atoms with Gasteiger partial charge >= 0.3 is 6.18 Å². The highest BCUT2D eigenvalue weighted by molar-refractivity contribution is 6.32. The standard InChI is InChI=1S/C21H19ClF4N6O2/c1-27-19(33)13-4-5-14(18(22)29-13)32-8-6-31(7-9-32)10-11-2-3-12-16(15(11)23)30-20(34)17(28-12)21(24,25)26/h2-5H,6-10H2,1H3,(H,27,33)(H,30,34). The molecule has 2 aromatic heterocycles. The number of fused-ring (bicyclic) bond motifs is 1. The van der Waals surface area contributed by atoms with Crippen molar-refractivity contribution in [2.45, 2.75) is 12.7 Å². The number of H-pyrrole nitrogens is 1. The van der Waals surface area contributed by atoms with Crippen molar-refractivity contribution in [3.8, 4) is 0 Å². The van der Waals surface area contributed by atoms with E-state index in [1.807, 2.05) is 14.8 Å². The van der Waals surface area contributed by atoms with E-state index in [-0.39, 0.29) is 39.9 Å². The van der Waals surface area contributed by atoms with Gasteiger partial charge in [0.2, 0.25) is 5.69 Å². The molecule has 0 spiro atoms. The molecule has 34 heavy (non-hydrogen) atoms. The fraction of sp³-hybridized carbons (Fsp3) is 0.333. The van der Waals surface area contributed by atoms with Gasteiger partial charge in [0.15, 0.2) is 11.0 Å². The SMILES string of the molecule is CNC(=O)c1ccc(N2CCN(Cc3ccc4nc(C(F)(F)F)c(=O)[nH]c4c3F)CC2)c(Cl)n1. The third kappa shape index (κ3) is 4.68. The molecule has 1 saturated heterocycles. The lowest BCUT2D eigenvalue weighted by Crippen LogP contribution is -2.46. The maximum absolute atomic E-state index is 15.0. The van der Waals surface area contributed by atoms with Crippen molar-refractivity contribution in [3.05, 3.63) is 62.5 Å². The lowest BCUT2D eigenvalue weighted by atomic mass is 10.1. The van der Waals surface area contributed by atoms with Gasteiger partial charge in [-0.05, 0) is 18.2 Å². The van der Waals surface area contributed by atoms with E-state index in [9.17, 15) is 27.2 Å². The summed E-state index contributed by atoms with van der Waals surface area (Å²) in [6.07, 6.45) is -4.93. The van der Waals surface area contributed by atoms with Gasteiger partial charge in [0.25, 0.3) is 11.5 Å². The minimum absolute atomic E-state index is 0.195. The number of aromatic nitrogens is 3. The molecule has 0 unspecified atom stereocenters. The Morgan fingerprint density at radius 1 is 1.15 bits per heavy atom. The summed E-state index contributed by atoms with van der Waals surface area (Å²) in [7, 11) is 1.50. The third-order valence-corrected chi connectivity index (χ3v) is 5.83. The molecule has 3 heterocycles. The van der Waals surface area contributed by atoms with Crippen molar-refractivity contribution in [1.82, 2.24) is 25.2 Å². The molecule has 2 N–H and O–H groups in total. The van der Waals surface area contributed by atoms with E-state index in [4.69, 9.17) is 11.6 Å². The van der Waals surface area contributed by atoms with E-state index in [1.165, 1.54) is 19.2 Å². The molecule has 180 valence electrons. The van der Waals surface area contributed by atoms with E-state index >= 15 is 0 Å². The minimum atomic E-state index is -4.93. The third-order valence-electron chi connectivity index (χ3n) is 5.55. The number of alkyl halides is 3. The number of nitrogens with zero attached hydrogens (tertiary/aromatic N) is 4. The zero-order valence-corrected chi connectivity index (χ0v) is 18.6. The molecule has 1 amide bonds. The fourth-order valence-corrected chi connectivity index (χ4v) is 4.06. The van der Waals surface area contributed by atoms with Crippen molar-refractivity contribution in [3.63, 3.8) is 0 Å². The van der Waals surface area contributed by atoms with Crippen molar-refractivity contribution in [1.29, 1.82) is 0 Å². The first-order valence-corrected chi connectivity index (χ1v) is 10.6. The van der Waals surface area contributed by atoms with Gasteiger partial charge in [-0.2, -0.15) is 13.2 Å². The number of hydrogen-bond donors (Lipinski definition) is 2. The average Bonchev–Trinajstić information content (AvgIpc) is 2.80. The van der Waals surface area contributed by atoms with Crippen LogP contribution in [0.5, 0.6) is 0 Å². The van der Waals surface area contributed by atoms with Gasteiger partial charge in [0.05, 0.1) is 11.2 Å². The minimum Gasteiger partial charge on any atom is -0.366 e. The van der Waals surface area contributed by atoms with Crippen LogP contribution in [0.2, 0.25) is 5.15 Å². The van der Waals surface area contributed by atoms with Gasteiger partial charge in [-0.15, -0.1) is 0 Å². The first-order chi connectivity index (χ1) is 16.1. The van der Waals surface area contributed by atoms with Crippen molar-refractivity contribution >= 4 is 34.2 Å². The Bertz CT molecular complexity index is 1300. The van der Waals surface area contributed by atoms with Crippen LogP contribution in [-0.2, 0) is 12.7 Å². The fourth-order valence-electron chi connectivity index (χ4n) is 3.78. The predicted molar refractivity (Wildman–Crippen MR) is 117 cm³/mol. The van der Waals surface area contributed by atoms with Crippen LogP contribution in [0.1, 0.15) is 21.7 Å². The second kappa shape index (κ2) is 9.18. The van der Waals surface area contributed by atoms with E-state index in [1.54, 1.807) is 12.1 Å². The molecule has 0 bridgehead atoms. The summed E-state index contributed by atoms with van der Waals surface area (Å²) in [4.78, 5) is 36.8. The van der Waals surface area contributed by atoms with Crippen LogP contribution in [0.15, 0.2) is 29.1 Å². The smallest absolute Gasteiger partial charge is 0.366 e. The zero-order chi connectivity index (χ0) is 24.6. The topological polar surface area (TPSA) is 94.2 Å². The quantitative estimate of drug-likeness (QED) is 0.424. The highest BCUT2D eigenvalue weighted by atomic mass is 35.5. The van der Waals surface area contributed by atoms with Crippen LogP contribution in [-0.4, -0.2) is 59.0 Å². The molecule has 1 aromatic carbocycles. The Hall–Kier alpha value is -3.25. The Morgan fingerprint density at radius 2 is 1.85 bits per heavy atom. The molecule has 8 nitrogen and oxygen atoms in total. The van der Waals surface area contributed by atoms with Gasteiger partial charge in [-0.25, -0.2) is 14.4 Å². The maximum Gasteiger partial charge on any atom is 0.438 e. The number of anilines is 1. The van der Waals surface area contributed by atoms with Crippen LogP contribution in [0.3, 0.4) is 0 Å². The molecule has 1 fully saturated rings. The highest BCUT2D eigenvalue weighted by Crippen LogP contribution is 2.28. The lowest BCUT2D eigenvalue weighted by Gasteiger charge is -2.36. The monoisotopic (exact) mass is 498 g/mol. The largest absolute Gasteiger partial charge is 0.438 e. The Morgan fingerprint density at radius 3 is 2.47 bits per heavy atom. The first-order valence-electron chi connectivity index (χ1n) is 10.2. The summed E-state index contributed by atoms with van der Waals surface area (Å²) in [5.74, 6) is -1.16. The summed E-state index contributed by atoms with van der Waals surface area (Å²) in [5, 5.41) is 2.68. The second-order valence-corrected chi connectivity index (χ2v) is 8.05. The molecular weight excluding hydrogens is 480 g/mol. The van der Waals surface area contributed by atoms with Gasteiger partial charge < -0.3 is 15.2 Å². The van der Waals surface area contributed by atoms with Gasteiger partial charge in [0.1, 0.15) is 11.2 Å². The molecule has 3 aromatic rings. The number of carbonyl (C=O) groups is 1. The lowest BCUT2D eigenvalue weighted by molar-refractivity contribution is -0.142. The highest BCUT2D eigenvalue weighted by Gasteiger charge is 2.36. The molecule has 0 radical (unpaired) electrons. The molecular formula is C21H19ClF4N6O2. The zero-order valence-electron chi connectivity index (χ0n) is 17.8. The molecule has 1 aliphatic rings. The Labute approximate surface area is 195 Å². The maximum atomic E-state index is 15.0. The molecule has 4 rings (SSSR count). The molecule has 0 atom stereocenters. The van der Waals surface area contributed by atoms with Gasteiger partial charge in [-0.1, -0.05) is 17.7 Å². The number of rotatable bonds is 4. The van der Waals surface area contributed by atoms with E-state index in [0.717, 1.165) is 0 Å². The number of nitrogens with one attached hydrogen (secondary N) is 2. The summed E-state index contributed by atoms with van der Waals surface area (Å²) >= 11 is 6.26. The first kappa shape index (κ1) is 23.9. The van der Waals surface area contributed by atoms with E-state index in [2.05, 4.69) is 15.3 Å². The number of benzene rings is 1. The van der Waals surface area contributed by atoms with E-state index in [0.29, 0.717) is 31.9 Å². The van der Waals surface area contributed by atoms with Crippen LogP contribution < -0.4 is 15.8 Å². The number of amides is 1. The van der Waals surface area contributed by atoms with Crippen LogP contribution in [0.4, 0.5) is 23.2 Å². The normalized spacial score (nSPS) is 15.1. The van der Waals surface area contributed by atoms with Crippen LogP contribution >= 0.6 is 11.6 Å². The predicted octanol–water partition coefficient (Wildman–Crippen LogP) is 2.81. The van der Waals surface area contributed by atoms with Crippen molar-refractivity contribution in [2.75, 3.05) is 38.1 Å². The molecule has 13 heteroatoms. The second-order valence-electron chi connectivity index (χ2n) is 7.69. The molecule has 0 aliphatic carbocycles. The Kier molecular flexibility index (Phi) is 6.45. The van der Waals surface area contributed by atoms with Crippen molar-refractivity contribution < 1.29 is 22.4 Å². The number of aromatic amines is 1. The number of halogens is 5.